The molecule has 0 radical (unpaired) electrons. The van der Waals surface area contributed by atoms with Crippen molar-refractivity contribution in [2.45, 2.75) is 51.5 Å². The van der Waals surface area contributed by atoms with E-state index in [1.54, 1.807) is 0 Å². The second kappa shape index (κ2) is 6.80. The summed E-state index contributed by atoms with van der Waals surface area (Å²) in [7, 11) is 0. The van der Waals surface area contributed by atoms with Crippen molar-refractivity contribution >= 4 is 0 Å². The van der Waals surface area contributed by atoms with Gasteiger partial charge < -0.3 is 0 Å². The zero-order valence-corrected chi connectivity index (χ0v) is 11.1. The van der Waals surface area contributed by atoms with E-state index in [9.17, 15) is 0 Å². The number of nitrogens with zero attached hydrogens (tertiary/aromatic N) is 1. The van der Waals surface area contributed by atoms with Crippen LogP contribution >= 0.6 is 0 Å². The third-order valence-corrected chi connectivity index (χ3v) is 3.85. The average Bonchev–Trinajstić information content (AvgIpc) is 2.62. The molecular formula is C16H25N. The Hall–Kier alpha value is -0.820. The van der Waals surface area contributed by atoms with Crippen LogP contribution in [0.3, 0.4) is 0 Å². The molecule has 1 nitrogen and oxygen atoms in total. The van der Waals surface area contributed by atoms with Gasteiger partial charge in [0.05, 0.1) is 0 Å². The maximum Gasteiger partial charge on any atom is 0.0348 e. The molecule has 0 N–H and O–H groups in total. The zero-order chi connectivity index (χ0) is 11.9. The van der Waals surface area contributed by atoms with Crippen molar-refractivity contribution in [1.29, 1.82) is 0 Å². The first-order valence-corrected chi connectivity index (χ1v) is 7.21. The number of unbranched alkanes of at least 4 members (excludes halogenated alkanes) is 1. The molecular weight excluding hydrogens is 206 g/mol. The van der Waals surface area contributed by atoms with Crippen LogP contribution in [0.15, 0.2) is 30.3 Å². The summed E-state index contributed by atoms with van der Waals surface area (Å²) in [4.78, 5) is 2.71. The second-order valence-electron chi connectivity index (χ2n) is 5.17. The van der Waals surface area contributed by atoms with Crippen molar-refractivity contribution in [2.75, 3.05) is 13.1 Å². The molecule has 1 fully saturated rings. The first kappa shape index (κ1) is 12.6. The van der Waals surface area contributed by atoms with Gasteiger partial charge in [-0.2, -0.15) is 0 Å². The van der Waals surface area contributed by atoms with E-state index in [1.165, 1.54) is 57.2 Å². The second-order valence-corrected chi connectivity index (χ2v) is 5.17. The molecule has 1 saturated heterocycles. The highest BCUT2D eigenvalue weighted by molar-refractivity contribution is 5.19. The number of benzene rings is 1. The molecule has 1 heterocycles. The largest absolute Gasteiger partial charge is 0.296 e. The summed E-state index contributed by atoms with van der Waals surface area (Å²) in [6.45, 7) is 4.85. The number of hydrogen-bond donors (Lipinski definition) is 0. The lowest BCUT2D eigenvalue weighted by Gasteiger charge is -2.30. The lowest BCUT2D eigenvalue weighted by Crippen LogP contribution is -2.29. The fourth-order valence-corrected chi connectivity index (χ4v) is 2.85. The quantitative estimate of drug-likeness (QED) is 0.742. The Balaban J connectivity index is 2.08. The van der Waals surface area contributed by atoms with Crippen molar-refractivity contribution in [3.8, 4) is 0 Å². The van der Waals surface area contributed by atoms with Crippen molar-refractivity contribution in [1.82, 2.24) is 4.90 Å². The maximum absolute atomic E-state index is 2.71. The summed E-state index contributed by atoms with van der Waals surface area (Å²) in [6, 6.07) is 11.8. The van der Waals surface area contributed by atoms with Crippen LogP contribution in [0.1, 0.15) is 57.1 Å². The fourth-order valence-electron chi connectivity index (χ4n) is 2.85. The Morgan fingerprint density at radius 2 is 1.94 bits per heavy atom. The van der Waals surface area contributed by atoms with Crippen molar-refractivity contribution in [2.24, 2.45) is 0 Å². The molecule has 0 aromatic heterocycles. The first-order chi connectivity index (χ1) is 8.42. The third kappa shape index (κ3) is 3.57. The fraction of sp³-hybridized carbons (Fsp3) is 0.625. The van der Waals surface area contributed by atoms with Gasteiger partial charge in [0.1, 0.15) is 0 Å². The van der Waals surface area contributed by atoms with E-state index in [1.807, 2.05) is 0 Å². The summed E-state index contributed by atoms with van der Waals surface area (Å²) in [6.07, 6.45) is 8.16. The molecule has 1 aromatic rings. The lowest BCUT2D eigenvalue weighted by atomic mass is 10.0. The molecule has 1 unspecified atom stereocenters. The maximum atomic E-state index is 2.71. The summed E-state index contributed by atoms with van der Waals surface area (Å²) in [5, 5.41) is 0. The highest BCUT2D eigenvalue weighted by atomic mass is 15.2. The molecule has 17 heavy (non-hydrogen) atoms. The lowest BCUT2D eigenvalue weighted by molar-refractivity contribution is 0.198. The van der Waals surface area contributed by atoms with Gasteiger partial charge in [0, 0.05) is 6.04 Å². The van der Waals surface area contributed by atoms with Crippen LogP contribution in [0, 0.1) is 0 Å². The third-order valence-electron chi connectivity index (χ3n) is 3.85. The molecule has 0 amide bonds. The minimum absolute atomic E-state index is 0.672. The summed E-state index contributed by atoms with van der Waals surface area (Å²) >= 11 is 0. The molecule has 1 aliphatic rings. The van der Waals surface area contributed by atoms with E-state index in [2.05, 4.69) is 42.2 Å². The van der Waals surface area contributed by atoms with Crippen molar-refractivity contribution < 1.29 is 0 Å². The molecule has 1 aromatic carbocycles. The van der Waals surface area contributed by atoms with Crippen LogP contribution in [0.4, 0.5) is 0 Å². The van der Waals surface area contributed by atoms with Gasteiger partial charge in [-0.3, -0.25) is 4.90 Å². The number of likely N-dealkylation sites (tertiary alicyclic amines) is 1. The van der Waals surface area contributed by atoms with Gasteiger partial charge in [-0.1, -0.05) is 56.5 Å². The average molecular weight is 231 g/mol. The van der Waals surface area contributed by atoms with Crippen LogP contribution in [0.2, 0.25) is 0 Å². The SMILES string of the molecule is CCCCN1CCCCCC1c1ccccc1. The molecule has 0 saturated carbocycles. The Labute approximate surface area is 106 Å². The topological polar surface area (TPSA) is 3.24 Å². The van der Waals surface area contributed by atoms with E-state index < -0.39 is 0 Å². The van der Waals surface area contributed by atoms with Gasteiger partial charge in [0.15, 0.2) is 0 Å². The standard InChI is InChI=1S/C16H25N/c1-2-3-13-17-14-9-5-8-12-16(17)15-10-6-4-7-11-15/h4,6-7,10-11,16H,2-3,5,8-9,12-14H2,1H3. The normalized spacial score (nSPS) is 22.3. The monoisotopic (exact) mass is 231 g/mol. The van der Waals surface area contributed by atoms with Crippen molar-refractivity contribution in [3.63, 3.8) is 0 Å². The van der Waals surface area contributed by atoms with Crippen LogP contribution in [0.25, 0.3) is 0 Å². The molecule has 0 spiro atoms. The molecule has 1 atom stereocenters. The van der Waals surface area contributed by atoms with Gasteiger partial charge in [-0.15, -0.1) is 0 Å². The van der Waals surface area contributed by atoms with Crippen LogP contribution in [-0.2, 0) is 0 Å². The summed E-state index contributed by atoms with van der Waals surface area (Å²) in [5.74, 6) is 0. The molecule has 1 aliphatic heterocycles. The molecule has 94 valence electrons. The Morgan fingerprint density at radius 1 is 1.12 bits per heavy atom. The molecule has 2 rings (SSSR count). The van der Waals surface area contributed by atoms with Crippen molar-refractivity contribution in [3.05, 3.63) is 35.9 Å². The Morgan fingerprint density at radius 3 is 2.71 bits per heavy atom. The van der Waals surface area contributed by atoms with Gasteiger partial charge >= 0.3 is 0 Å². The van der Waals surface area contributed by atoms with Crippen LogP contribution in [-0.4, -0.2) is 18.0 Å². The van der Waals surface area contributed by atoms with E-state index >= 15 is 0 Å². The van der Waals surface area contributed by atoms with Gasteiger partial charge in [-0.25, -0.2) is 0 Å². The number of rotatable bonds is 4. The molecule has 1 heteroatoms. The minimum Gasteiger partial charge on any atom is -0.296 e. The van der Waals surface area contributed by atoms with E-state index in [0.29, 0.717) is 6.04 Å². The zero-order valence-electron chi connectivity index (χ0n) is 11.1. The van der Waals surface area contributed by atoms with Gasteiger partial charge in [-0.05, 0) is 37.9 Å². The smallest absolute Gasteiger partial charge is 0.0348 e. The Kier molecular flexibility index (Phi) is 5.06. The van der Waals surface area contributed by atoms with E-state index in [-0.39, 0.29) is 0 Å². The van der Waals surface area contributed by atoms with E-state index in [0.717, 1.165) is 0 Å². The predicted molar refractivity (Wildman–Crippen MR) is 74.1 cm³/mol. The minimum atomic E-state index is 0.672. The Bertz CT molecular complexity index is 307. The van der Waals surface area contributed by atoms with Crippen LogP contribution < -0.4 is 0 Å². The van der Waals surface area contributed by atoms with Gasteiger partial charge in [0.25, 0.3) is 0 Å². The first-order valence-electron chi connectivity index (χ1n) is 7.21. The summed E-state index contributed by atoms with van der Waals surface area (Å²) in [5.41, 5.74) is 1.52. The van der Waals surface area contributed by atoms with E-state index in [4.69, 9.17) is 0 Å². The highest BCUT2D eigenvalue weighted by Gasteiger charge is 2.21. The van der Waals surface area contributed by atoms with Gasteiger partial charge in [0.2, 0.25) is 0 Å². The predicted octanol–water partition coefficient (Wildman–Crippen LogP) is 4.40. The molecule has 0 aliphatic carbocycles. The number of hydrogen-bond acceptors (Lipinski definition) is 1. The highest BCUT2D eigenvalue weighted by Crippen LogP contribution is 2.30. The van der Waals surface area contributed by atoms with Crippen LogP contribution in [0.5, 0.6) is 0 Å². The summed E-state index contributed by atoms with van der Waals surface area (Å²) < 4.78 is 0. The molecule has 0 bridgehead atoms.